The van der Waals surface area contributed by atoms with E-state index in [1.54, 1.807) is 31.4 Å². The van der Waals surface area contributed by atoms with Crippen LogP contribution in [0.5, 0.6) is 11.5 Å². The minimum absolute atomic E-state index is 0.0380. The van der Waals surface area contributed by atoms with Gasteiger partial charge in [0.05, 0.1) is 36.5 Å². The number of benzene rings is 2. The topological polar surface area (TPSA) is 88.7 Å². The van der Waals surface area contributed by atoms with Gasteiger partial charge in [0.2, 0.25) is 11.8 Å². The second-order valence-electron chi connectivity index (χ2n) is 7.82. The Bertz CT molecular complexity index is 1040. The van der Waals surface area contributed by atoms with E-state index in [0.717, 1.165) is 5.56 Å². The zero-order chi connectivity index (χ0) is 21.6. The van der Waals surface area contributed by atoms with E-state index >= 15 is 0 Å². The summed E-state index contributed by atoms with van der Waals surface area (Å²) in [6, 6.07) is 8.84. The number of hydrogen-bond acceptors (Lipinski definition) is 5. The van der Waals surface area contributed by atoms with E-state index in [9.17, 15) is 9.59 Å². The Hall–Kier alpha value is -2.77. The van der Waals surface area contributed by atoms with E-state index in [0.29, 0.717) is 39.9 Å². The Morgan fingerprint density at radius 3 is 2.70 bits per heavy atom. The van der Waals surface area contributed by atoms with Crippen LogP contribution >= 0.6 is 11.6 Å². The fourth-order valence-electron chi connectivity index (χ4n) is 4.52. The van der Waals surface area contributed by atoms with Crippen molar-refractivity contribution in [1.29, 1.82) is 0 Å². The normalized spacial score (nSPS) is 24.5. The van der Waals surface area contributed by atoms with Crippen molar-refractivity contribution in [3.63, 3.8) is 0 Å². The van der Waals surface area contributed by atoms with Crippen molar-refractivity contribution >= 4 is 34.8 Å². The first-order chi connectivity index (χ1) is 14.3. The highest BCUT2D eigenvalue weighted by molar-refractivity contribution is 6.35. The monoisotopic (exact) mass is 429 g/mol. The molecule has 2 amide bonds. The van der Waals surface area contributed by atoms with Gasteiger partial charge in [-0.1, -0.05) is 17.7 Å². The van der Waals surface area contributed by atoms with Gasteiger partial charge in [-0.3, -0.25) is 14.9 Å². The van der Waals surface area contributed by atoms with Gasteiger partial charge in [0, 0.05) is 17.7 Å². The molecule has 30 heavy (non-hydrogen) atoms. The summed E-state index contributed by atoms with van der Waals surface area (Å²) in [6.45, 7) is 3.88. The summed E-state index contributed by atoms with van der Waals surface area (Å²) < 4.78 is 10.6. The van der Waals surface area contributed by atoms with Gasteiger partial charge in [0.1, 0.15) is 17.0 Å². The first-order valence-corrected chi connectivity index (χ1v) is 10.1. The quantitative estimate of drug-likeness (QED) is 0.692. The lowest BCUT2D eigenvalue weighted by atomic mass is 9.79. The third kappa shape index (κ3) is 3.09. The lowest BCUT2D eigenvalue weighted by Gasteiger charge is -2.29. The molecule has 2 aliphatic rings. The molecule has 0 aliphatic carbocycles. The summed E-state index contributed by atoms with van der Waals surface area (Å²) in [6.07, 6.45) is 0.497. The van der Waals surface area contributed by atoms with Gasteiger partial charge in [0.15, 0.2) is 0 Å². The fourth-order valence-corrected chi connectivity index (χ4v) is 4.84. The van der Waals surface area contributed by atoms with Gasteiger partial charge >= 0.3 is 0 Å². The van der Waals surface area contributed by atoms with E-state index < -0.39 is 11.5 Å². The highest BCUT2D eigenvalue weighted by Crippen LogP contribution is 2.49. The Balaban J connectivity index is 1.75. The number of carbonyl (C=O) groups excluding carboxylic acids is 2. The molecule has 1 spiro atoms. The maximum absolute atomic E-state index is 13.5. The number of amides is 2. The van der Waals surface area contributed by atoms with E-state index in [-0.39, 0.29) is 17.9 Å². The molecule has 0 radical (unpaired) electrons. The lowest BCUT2D eigenvalue weighted by molar-refractivity contribution is -0.130. The Morgan fingerprint density at radius 1 is 1.23 bits per heavy atom. The second-order valence-corrected chi connectivity index (χ2v) is 8.23. The molecule has 158 valence electrons. The fraction of sp³-hybridized carbons (Fsp3) is 0.364. The number of ether oxygens (including phenoxy) is 2. The van der Waals surface area contributed by atoms with Crippen LogP contribution in [0.15, 0.2) is 30.3 Å². The van der Waals surface area contributed by atoms with Crippen LogP contribution in [-0.4, -0.2) is 32.1 Å². The molecule has 2 aromatic rings. The molecule has 7 nitrogen and oxygen atoms in total. The van der Waals surface area contributed by atoms with Crippen molar-refractivity contribution in [3.05, 3.63) is 46.5 Å². The predicted octanol–water partition coefficient (Wildman–Crippen LogP) is 3.45. The van der Waals surface area contributed by atoms with E-state index in [2.05, 4.69) is 16.0 Å². The zero-order valence-electron chi connectivity index (χ0n) is 17.3. The Labute approximate surface area is 180 Å². The van der Waals surface area contributed by atoms with Crippen molar-refractivity contribution in [2.24, 2.45) is 5.92 Å². The molecule has 1 saturated heterocycles. The molecule has 0 aromatic heterocycles. The van der Waals surface area contributed by atoms with Gasteiger partial charge in [0.25, 0.3) is 0 Å². The first-order valence-electron chi connectivity index (χ1n) is 9.72. The number of anilines is 2. The van der Waals surface area contributed by atoms with E-state index in [4.69, 9.17) is 21.1 Å². The van der Waals surface area contributed by atoms with Crippen LogP contribution in [0.1, 0.15) is 24.5 Å². The van der Waals surface area contributed by atoms with Crippen molar-refractivity contribution in [2.75, 3.05) is 24.9 Å². The maximum Gasteiger partial charge on any atom is 0.250 e. The largest absolute Gasteiger partial charge is 0.497 e. The standard InChI is InChI=1S/C22H24ClN3O4/c1-11-7-14-19(16(23)8-11)25-21(28)22(14)15(9-12(2)26-22)20(27)24-17-10-13(29-3)5-6-18(17)30-4/h5-8,10,12,15,26H,9H2,1-4H3,(H,24,27)(H,25,28)/t12-,15+,22-/m1/s1. The molecule has 0 saturated carbocycles. The van der Waals surface area contributed by atoms with Gasteiger partial charge in [-0.15, -0.1) is 0 Å². The van der Waals surface area contributed by atoms with Crippen molar-refractivity contribution in [3.8, 4) is 11.5 Å². The highest BCUT2D eigenvalue weighted by atomic mass is 35.5. The number of aryl methyl sites for hydroxylation is 1. The number of methoxy groups -OCH3 is 2. The lowest BCUT2D eigenvalue weighted by Crippen LogP contribution is -2.52. The number of fused-ring (bicyclic) bond motifs is 2. The molecule has 4 rings (SSSR count). The van der Waals surface area contributed by atoms with Gasteiger partial charge < -0.3 is 20.1 Å². The predicted molar refractivity (Wildman–Crippen MR) is 115 cm³/mol. The Morgan fingerprint density at radius 2 is 2.00 bits per heavy atom. The average molecular weight is 430 g/mol. The highest BCUT2D eigenvalue weighted by Gasteiger charge is 2.59. The minimum atomic E-state index is -1.18. The minimum Gasteiger partial charge on any atom is -0.497 e. The molecular weight excluding hydrogens is 406 g/mol. The number of nitrogens with one attached hydrogen (secondary N) is 3. The summed E-state index contributed by atoms with van der Waals surface area (Å²) in [7, 11) is 3.08. The summed E-state index contributed by atoms with van der Waals surface area (Å²) in [5.41, 5.74) is 1.49. The van der Waals surface area contributed by atoms with E-state index in [1.165, 1.54) is 7.11 Å². The van der Waals surface area contributed by atoms with Gasteiger partial charge in [-0.2, -0.15) is 0 Å². The number of carbonyl (C=O) groups is 2. The molecule has 1 fully saturated rings. The van der Waals surface area contributed by atoms with Gasteiger partial charge in [-0.05, 0) is 44.0 Å². The van der Waals surface area contributed by atoms with E-state index in [1.807, 2.05) is 19.9 Å². The molecule has 2 aromatic carbocycles. The van der Waals surface area contributed by atoms with Crippen LogP contribution in [0, 0.1) is 12.8 Å². The van der Waals surface area contributed by atoms with Crippen LogP contribution in [0.2, 0.25) is 5.02 Å². The molecule has 2 heterocycles. The molecular formula is C22H24ClN3O4. The van der Waals surface area contributed by atoms with Crippen molar-refractivity contribution in [2.45, 2.75) is 31.8 Å². The van der Waals surface area contributed by atoms with Crippen LogP contribution < -0.4 is 25.4 Å². The molecule has 8 heteroatoms. The average Bonchev–Trinajstić information content (AvgIpc) is 3.20. The van der Waals surface area contributed by atoms with Crippen LogP contribution in [-0.2, 0) is 15.1 Å². The molecule has 0 unspecified atom stereocenters. The van der Waals surface area contributed by atoms with Crippen molar-refractivity contribution < 1.29 is 19.1 Å². The van der Waals surface area contributed by atoms with Crippen LogP contribution in [0.25, 0.3) is 0 Å². The van der Waals surface area contributed by atoms with Crippen molar-refractivity contribution in [1.82, 2.24) is 5.32 Å². The second kappa shape index (κ2) is 7.49. The number of hydrogen-bond donors (Lipinski definition) is 3. The molecule has 3 N–H and O–H groups in total. The summed E-state index contributed by atoms with van der Waals surface area (Å²) in [4.78, 5) is 26.7. The zero-order valence-corrected chi connectivity index (χ0v) is 18.0. The third-order valence-electron chi connectivity index (χ3n) is 5.82. The molecule has 0 bridgehead atoms. The molecule has 3 atom stereocenters. The smallest absolute Gasteiger partial charge is 0.250 e. The summed E-state index contributed by atoms with van der Waals surface area (Å²) >= 11 is 6.39. The third-order valence-corrected chi connectivity index (χ3v) is 6.12. The van der Waals surface area contributed by atoms with Gasteiger partial charge in [-0.25, -0.2) is 0 Å². The molecule has 2 aliphatic heterocycles. The summed E-state index contributed by atoms with van der Waals surface area (Å²) in [5.74, 6) is -0.0916. The van der Waals surface area contributed by atoms with Crippen LogP contribution in [0.3, 0.4) is 0 Å². The summed E-state index contributed by atoms with van der Waals surface area (Å²) in [5, 5.41) is 9.64. The SMILES string of the molecule is COc1ccc(OC)c(NC(=O)[C@@H]2C[C@@H](C)N[C@@]23C(=O)Nc2c(Cl)cc(C)cc23)c1. The number of rotatable bonds is 4. The maximum atomic E-state index is 13.5. The van der Waals surface area contributed by atoms with Crippen LogP contribution in [0.4, 0.5) is 11.4 Å². The number of halogens is 1. The first kappa shape index (κ1) is 20.5. The Kier molecular flexibility index (Phi) is 5.11.